The van der Waals surface area contributed by atoms with Gasteiger partial charge in [-0.05, 0) is 37.0 Å². The van der Waals surface area contributed by atoms with Crippen molar-refractivity contribution in [3.8, 4) is 0 Å². The minimum absolute atomic E-state index is 0.111. The Bertz CT molecular complexity index is 371. The minimum atomic E-state index is 0.111. The number of hydrazine groups is 1. The highest BCUT2D eigenvalue weighted by Gasteiger charge is 2.13. The van der Waals surface area contributed by atoms with Crippen LogP contribution >= 0.6 is 23.2 Å². The summed E-state index contributed by atoms with van der Waals surface area (Å²) in [7, 11) is 0. The Balaban J connectivity index is 2.77. The highest BCUT2D eigenvalue weighted by atomic mass is 35.5. The maximum Gasteiger partial charge on any atom is 0.0453 e. The molecular formula is C13H18Cl2N2. The Morgan fingerprint density at radius 2 is 2.00 bits per heavy atom. The third-order valence-corrected chi connectivity index (χ3v) is 3.49. The molecule has 0 aliphatic rings. The molecule has 1 unspecified atom stereocenters. The smallest absolute Gasteiger partial charge is 0.0453 e. The number of benzene rings is 1. The second-order valence-electron chi connectivity index (χ2n) is 4.08. The topological polar surface area (TPSA) is 38.0 Å². The molecule has 0 radical (unpaired) electrons. The van der Waals surface area contributed by atoms with Gasteiger partial charge < -0.3 is 0 Å². The van der Waals surface area contributed by atoms with E-state index in [0.29, 0.717) is 16.5 Å². The average molecular weight is 273 g/mol. The van der Waals surface area contributed by atoms with Crippen LogP contribution in [0.3, 0.4) is 0 Å². The Morgan fingerprint density at radius 1 is 1.41 bits per heavy atom. The lowest BCUT2D eigenvalue weighted by molar-refractivity contribution is 0.517. The van der Waals surface area contributed by atoms with Crippen molar-refractivity contribution >= 4 is 23.2 Å². The van der Waals surface area contributed by atoms with Crippen molar-refractivity contribution < 1.29 is 0 Å². The molecule has 0 heterocycles. The molecule has 0 aliphatic carbocycles. The molecule has 1 rings (SSSR count). The predicted octanol–water partition coefficient (Wildman–Crippen LogP) is 3.72. The summed E-state index contributed by atoms with van der Waals surface area (Å²) < 4.78 is 0. The fraction of sp³-hybridized carbons (Fsp3) is 0.385. The van der Waals surface area contributed by atoms with Gasteiger partial charge in [0.15, 0.2) is 0 Å². The van der Waals surface area contributed by atoms with E-state index >= 15 is 0 Å². The first-order chi connectivity index (χ1) is 8.08. The van der Waals surface area contributed by atoms with E-state index in [1.807, 2.05) is 18.2 Å². The van der Waals surface area contributed by atoms with Crippen molar-refractivity contribution in [3.63, 3.8) is 0 Å². The molecule has 0 aliphatic heterocycles. The molecule has 0 saturated carbocycles. The van der Waals surface area contributed by atoms with Crippen LogP contribution in [0, 0.1) is 0 Å². The van der Waals surface area contributed by atoms with Crippen molar-refractivity contribution in [2.45, 2.75) is 32.2 Å². The van der Waals surface area contributed by atoms with Gasteiger partial charge in [0.2, 0.25) is 0 Å². The predicted molar refractivity (Wildman–Crippen MR) is 75.3 cm³/mol. The molecule has 4 heteroatoms. The second kappa shape index (κ2) is 7.02. The van der Waals surface area contributed by atoms with Gasteiger partial charge in [0.1, 0.15) is 0 Å². The van der Waals surface area contributed by atoms with Crippen LogP contribution in [0.1, 0.15) is 25.3 Å². The largest absolute Gasteiger partial charge is 0.271 e. The lowest BCUT2D eigenvalue weighted by atomic mass is 9.99. The third-order valence-electron chi connectivity index (χ3n) is 2.78. The first kappa shape index (κ1) is 14.5. The highest BCUT2D eigenvalue weighted by molar-refractivity contribution is 6.35. The number of halogens is 2. The van der Waals surface area contributed by atoms with Crippen LogP contribution in [0.15, 0.2) is 30.4 Å². The van der Waals surface area contributed by atoms with Crippen LogP contribution < -0.4 is 11.3 Å². The van der Waals surface area contributed by atoms with Crippen molar-refractivity contribution in [2.24, 2.45) is 5.84 Å². The van der Waals surface area contributed by atoms with Crippen LogP contribution in [-0.4, -0.2) is 6.04 Å². The summed E-state index contributed by atoms with van der Waals surface area (Å²) in [6.07, 6.45) is 2.48. The number of nitrogens with two attached hydrogens (primary N) is 1. The molecule has 1 atom stereocenters. The van der Waals surface area contributed by atoms with Gasteiger partial charge >= 0.3 is 0 Å². The molecule has 17 heavy (non-hydrogen) atoms. The minimum Gasteiger partial charge on any atom is -0.271 e. The fourth-order valence-electron chi connectivity index (χ4n) is 1.66. The molecule has 0 bridgehead atoms. The normalized spacial score (nSPS) is 12.5. The van der Waals surface area contributed by atoms with Gasteiger partial charge in [-0.15, -0.1) is 0 Å². The molecule has 0 fully saturated rings. The first-order valence-electron chi connectivity index (χ1n) is 5.64. The van der Waals surface area contributed by atoms with Crippen molar-refractivity contribution in [3.05, 3.63) is 46.0 Å². The quantitative estimate of drug-likeness (QED) is 0.471. The lowest BCUT2D eigenvalue weighted by Gasteiger charge is -2.18. The number of nitrogens with one attached hydrogen (secondary N) is 1. The Hall–Kier alpha value is -0.540. The molecule has 1 aromatic rings. The number of hydrogen-bond acceptors (Lipinski definition) is 2. The second-order valence-corrected chi connectivity index (χ2v) is 4.89. The van der Waals surface area contributed by atoms with Gasteiger partial charge in [0.05, 0.1) is 0 Å². The van der Waals surface area contributed by atoms with Gasteiger partial charge in [-0.2, -0.15) is 0 Å². The van der Waals surface area contributed by atoms with Crippen molar-refractivity contribution in [1.82, 2.24) is 5.43 Å². The highest BCUT2D eigenvalue weighted by Crippen LogP contribution is 2.26. The zero-order chi connectivity index (χ0) is 12.8. The van der Waals surface area contributed by atoms with E-state index < -0.39 is 0 Å². The van der Waals surface area contributed by atoms with E-state index in [4.69, 9.17) is 29.0 Å². The van der Waals surface area contributed by atoms with Gasteiger partial charge in [-0.25, -0.2) is 0 Å². The summed E-state index contributed by atoms with van der Waals surface area (Å²) in [6, 6.07) is 5.62. The van der Waals surface area contributed by atoms with Gasteiger partial charge in [-0.3, -0.25) is 11.3 Å². The average Bonchev–Trinajstić information content (AvgIpc) is 2.32. The number of rotatable bonds is 6. The van der Waals surface area contributed by atoms with Crippen LogP contribution in [0.25, 0.3) is 0 Å². The molecule has 94 valence electrons. The van der Waals surface area contributed by atoms with E-state index in [1.165, 1.54) is 0 Å². The van der Waals surface area contributed by atoms with Crippen LogP contribution in [-0.2, 0) is 6.42 Å². The van der Waals surface area contributed by atoms with Crippen LogP contribution in [0.5, 0.6) is 0 Å². The van der Waals surface area contributed by atoms with E-state index in [0.717, 1.165) is 24.0 Å². The van der Waals surface area contributed by atoms with E-state index in [9.17, 15) is 0 Å². The van der Waals surface area contributed by atoms with E-state index in [-0.39, 0.29) is 6.04 Å². The lowest BCUT2D eigenvalue weighted by Crippen LogP contribution is -2.37. The summed E-state index contributed by atoms with van der Waals surface area (Å²) >= 11 is 12.3. The molecule has 3 N–H and O–H groups in total. The zero-order valence-corrected chi connectivity index (χ0v) is 11.5. The molecule has 1 aromatic carbocycles. The molecule has 0 aromatic heterocycles. The molecule has 0 spiro atoms. The summed E-state index contributed by atoms with van der Waals surface area (Å²) in [5.41, 5.74) is 4.89. The van der Waals surface area contributed by atoms with Gasteiger partial charge in [0.25, 0.3) is 0 Å². The zero-order valence-electron chi connectivity index (χ0n) is 9.97. The summed E-state index contributed by atoms with van der Waals surface area (Å²) in [5, 5.41) is 1.36. The monoisotopic (exact) mass is 272 g/mol. The SMILES string of the molecule is C=C(CC)CC(Cc1c(Cl)cccc1Cl)NN. The van der Waals surface area contributed by atoms with E-state index in [1.54, 1.807) is 0 Å². The van der Waals surface area contributed by atoms with Crippen molar-refractivity contribution in [2.75, 3.05) is 0 Å². The molecular weight excluding hydrogens is 255 g/mol. The Labute approximate surface area is 113 Å². The van der Waals surface area contributed by atoms with Crippen molar-refractivity contribution in [1.29, 1.82) is 0 Å². The third kappa shape index (κ3) is 4.32. The Kier molecular flexibility index (Phi) is 6.00. The summed E-state index contributed by atoms with van der Waals surface area (Å²) in [6.45, 7) is 6.07. The maximum atomic E-state index is 6.13. The van der Waals surface area contributed by atoms with E-state index in [2.05, 4.69) is 18.9 Å². The molecule has 0 saturated heterocycles. The molecule has 2 nitrogen and oxygen atoms in total. The van der Waals surface area contributed by atoms with Crippen LogP contribution in [0.4, 0.5) is 0 Å². The first-order valence-corrected chi connectivity index (χ1v) is 6.39. The summed E-state index contributed by atoms with van der Waals surface area (Å²) in [4.78, 5) is 0. The fourth-order valence-corrected chi connectivity index (χ4v) is 2.21. The van der Waals surface area contributed by atoms with Gasteiger partial charge in [-0.1, -0.05) is 48.3 Å². The van der Waals surface area contributed by atoms with Crippen LogP contribution in [0.2, 0.25) is 10.0 Å². The summed E-state index contributed by atoms with van der Waals surface area (Å²) in [5.74, 6) is 5.55. The van der Waals surface area contributed by atoms with Gasteiger partial charge in [0, 0.05) is 16.1 Å². The molecule has 0 amide bonds. The maximum absolute atomic E-state index is 6.13. The number of hydrogen-bond donors (Lipinski definition) is 2. The standard InChI is InChI=1S/C13H18Cl2N2/c1-3-9(2)7-10(17-16)8-11-12(14)5-4-6-13(11)15/h4-6,10,17H,2-3,7-8,16H2,1H3. The Morgan fingerprint density at radius 3 is 2.47 bits per heavy atom.